The Kier molecular flexibility index (Phi) is 6.31. The molecule has 1 aliphatic heterocycles. The first-order valence-corrected chi connectivity index (χ1v) is 9.78. The zero-order chi connectivity index (χ0) is 23.7. The maximum absolute atomic E-state index is 13.1. The molecule has 2 aromatic rings. The summed E-state index contributed by atoms with van der Waals surface area (Å²) in [6.45, 7) is 3.24. The second-order valence-corrected chi connectivity index (χ2v) is 7.60. The average Bonchev–Trinajstić information content (AvgIpc) is 2.88. The Bertz CT molecular complexity index is 1050. The van der Waals surface area contributed by atoms with Crippen LogP contribution < -0.4 is 15.0 Å². The van der Waals surface area contributed by atoms with Crippen molar-refractivity contribution in [2.75, 3.05) is 16.1 Å². The Hall–Kier alpha value is -3.34. The standard InChI is InChI=1S/C20H18ClF3N4O4/c1-19(2)17(30)28(18(31)27(19)11-12-5-7-25-8-6-12)13-3-4-15(32-20(22,23)24)14(9-13)26-16(29)10-21/h3-9H,10-11H2,1-2H3,(H,26,29). The van der Waals surface area contributed by atoms with Crippen LogP contribution in [0.4, 0.5) is 29.3 Å². The summed E-state index contributed by atoms with van der Waals surface area (Å²) in [5.74, 6) is -2.62. The third kappa shape index (κ3) is 4.77. The predicted octanol–water partition coefficient (Wildman–Crippen LogP) is 3.90. The third-order valence-corrected chi connectivity index (χ3v) is 5.00. The first-order valence-electron chi connectivity index (χ1n) is 9.24. The predicted molar refractivity (Wildman–Crippen MR) is 109 cm³/mol. The molecular formula is C20H18ClF3N4O4. The Morgan fingerprint density at radius 1 is 1.19 bits per heavy atom. The fourth-order valence-electron chi connectivity index (χ4n) is 3.15. The molecule has 8 nitrogen and oxygen atoms in total. The Labute approximate surface area is 185 Å². The van der Waals surface area contributed by atoms with Crippen molar-refractivity contribution < 1.29 is 32.3 Å². The molecule has 170 valence electrons. The highest BCUT2D eigenvalue weighted by Gasteiger charge is 2.51. The summed E-state index contributed by atoms with van der Waals surface area (Å²) < 4.78 is 42.1. The summed E-state index contributed by atoms with van der Waals surface area (Å²) in [5.41, 5.74) is -0.928. The van der Waals surface area contributed by atoms with E-state index in [0.29, 0.717) is 0 Å². The molecule has 32 heavy (non-hydrogen) atoms. The van der Waals surface area contributed by atoms with Gasteiger partial charge in [0.1, 0.15) is 11.4 Å². The quantitative estimate of drug-likeness (QED) is 0.510. The molecule has 1 aromatic heterocycles. The number of hydrogen-bond donors (Lipinski definition) is 1. The summed E-state index contributed by atoms with van der Waals surface area (Å²) in [7, 11) is 0. The van der Waals surface area contributed by atoms with Crippen molar-refractivity contribution >= 4 is 40.8 Å². The second-order valence-electron chi connectivity index (χ2n) is 7.33. The normalized spacial score (nSPS) is 15.8. The van der Waals surface area contributed by atoms with Crippen molar-refractivity contribution in [1.29, 1.82) is 0 Å². The highest BCUT2D eigenvalue weighted by atomic mass is 35.5. The summed E-state index contributed by atoms with van der Waals surface area (Å²) in [6, 6.07) is 5.80. The number of carbonyl (C=O) groups is 3. The fourth-order valence-corrected chi connectivity index (χ4v) is 3.22. The Balaban J connectivity index is 1.98. The molecule has 0 unspecified atom stereocenters. The third-order valence-electron chi connectivity index (χ3n) is 4.76. The molecular weight excluding hydrogens is 453 g/mol. The van der Waals surface area contributed by atoms with Gasteiger partial charge in [0, 0.05) is 18.9 Å². The first kappa shape index (κ1) is 23.3. The van der Waals surface area contributed by atoms with Gasteiger partial charge in [0.15, 0.2) is 5.75 Å². The van der Waals surface area contributed by atoms with E-state index in [0.717, 1.165) is 28.7 Å². The number of nitrogens with one attached hydrogen (secondary N) is 1. The molecule has 12 heteroatoms. The summed E-state index contributed by atoms with van der Waals surface area (Å²) in [4.78, 5) is 44.0. The van der Waals surface area contributed by atoms with Crippen LogP contribution in [0.1, 0.15) is 19.4 Å². The van der Waals surface area contributed by atoms with E-state index in [1.807, 2.05) is 0 Å². The van der Waals surface area contributed by atoms with Crippen LogP contribution in [-0.4, -0.2) is 45.5 Å². The van der Waals surface area contributed by atoms with Crippen LogP contribution in [-0.2, 0) is 16.1 Å². The van der Waals surface area contributed by atoms with E-state index in [4.69, 9.17) is 11.6 Å². The minimum Gasteiger partial charge on any atom is -0.404 e. The second kappa shape index (κ2) is 8.65. The molecule has 1 N–H and O–H groups in total. The highest BCUT2D eigenvalue weighted by Crippen LogP contribution is 2.38. The first-order chi connectivity index (χ1) is 14.9. The number of ether oxygens (including phenoxy) is 1. The number of urea groups is 1. The van der Waals surface area contributed by atoms with Crippen molar-refractivity contribution in [1.82, 2.24) is 9.88 Å². The van der Waals surface area contributed by atoms with Gasteiger partial charge in [-0.2, -0.15) is 0 Å². The van der Waals surface area contributed by atoms with Gasteiger partial charge in [0.05, 0.1) is 11.4 Å². The molecule has 0 atom stereocenters. The number of rotatable bonds is 6. The molecule has 1 fully saturated rings. The lowest BCUT2D eigenvalue weighted by Gasteiger charge is -2.27. The minimum absolute atomic E-state index is 0.0373. The van der Waals surface area contributed by atoms with Gasteiger partial charge < -0.3 is 15.0 Å². The number of pyridine rings is 1. The van der Waals surface area contributed by atoms with Gasteiger partial charge in [-0.3, -0.25) is 14.6 Å². The molecule has 1 aromatic carbocycles. The maximum atomic E-state index is 13.1. The van der Waals surface area contributed by atoms with Crippen LogP contribution in [0.2, 0.25) is 0 Å². The Morgan fingerprint density at radius 2 is 1.84 bits per heavy atom. The van der Waals surface area contributed by atoms with E-state index >= 15 is 0 Å². The lowest BCUT2D eigenvalue weighted by atomic mass is 10.0. The van der Waals surface area contributed by atoms with Crippen molar-refractivity contribution in [2.45, 2.75) is 32.3 Å². The molecule has 0 saturated carbocycles. The van der Waals surface area contributed by atoms with Gasteiger partial charge in [-0.05, 0) is 49.7 Å². The summed E-state index contributed by atoms with van der Waals surface area (Å²) >= 11 is 5.43. The smallest absolute Gasteiger partial charge is 0.404 e. The van der Waals surface area contributed by atoms with Crippen molar-refractivity contribution in [3.8, 4) is 5.75 Å². The number of halogens is 4. The molecule has 1 aliphatic rings. The summed E-state index contributed by atoms with van der Waals surface area (Å²) in [5, 5.41) is 2.18. The number of amides is 4. The number of alkyl halides is 4. The minimum atomic E-state index is -5.02. The van der Waals surface area contributed by atoms with Crippen molar-refractivity contribution in [3.63, 3.8) is 0 Å². The topological polar surface area (TPSA) is 91.8 Å². The van der Waals surface area contributed by atoms with E-state index in [9.17, 15) is 27.6 Å². The molecule has 3 rings (SSSR count). The van der Waals surface area contributed by atoms with Gasteiger partial charge >= 0.3 is 12.4 Å². The van der Waals surface area contributed by atoms with Gasteiger partial charge in [-0.25, -0.2) is 9.69 Å². The average molecular weight is 471 g/mol. The van der Waals surface area contributed by atoms with E-state index in [2.05, 4.69) is 15.0 Å². The molecule has 0 aliphatic carbocycles. The number of anilines is 2. The van der Waals surface area contributed by atoms with E-state index in [1.165, 1.54) is 4.90 Å². The van der Waals surface area contributed by atoms with Crippen LogP contribution >= 0.6 is 11.6 Å². The number of benzene rings is 1. The van der Waals surface area contributed by atoms with Crippen LogP contribution in [0.25, 0.3) is 0 Å². The Morgan fingerprint density at radius 3 is 2.44 bits per heavy atom. The van der Waals surface area contributed by atoms with Crippen molar-refractivity contribution in [2.24, 2.45) is 0 Å². The van der Waals surface area contributed by atoms with E-state index in [1.54, 1.807) is 38.4 Å². The van der Waals surface area contributed by atoms with Crippen LogP contribution in [0.3, 0.4) is 0 Å². The fraction of sp³-hybridized carbons (Fsp3) is 0.300. The van der Waals surface area contributed by atoms with Gasteiger partial charge in [-0.15, -0.1) is 24.8 Å². The lowest BCUT2D eigenvalue weighted by molar-refractivity contribution is -0.274. The molecule has 1 saturated heterocycles. The largest absolute Gasteiger partial charge is 0.573 e. The maximum Gasteiger partial charge on any atom is 0.573 e. The van der Waals surface area contributed by atoms with Crippen LogP contribution in [0.15, 0.2) is 42.7 Å². The van der Waals surface area contributed by atoms with Crippen LogP contribution in [0, 0.1) is 0 Å². The number of carbonyl (C=O) groups excluding carboxylic acids is 3. The monoisotopic (exact) mass is 470 g/mol. The van der Waals surface area contributed by atoms with Gasteiger partial charge in [0.25, 0.3) is 5.91 Å². The molecule has 0 bridgehead atoms. The summed E-state index contributed by atoms with van der Waals surface area (Å²) in [6.07, 6.45) is -1.92. The van der Waals surface area contributed by atoms with Crippen LogP contribution in [0.5, 0.6) is 5.75 Å². The lowest BCUT2D eigenvalue weighted by Crippen LogP contribution is -2.43. The zero-order valence-corrected chi connectivity index (χ0v) is 17.7. The molecule has 2 heterocycles. The number of imide groups is 1. The number of hydrogen-bond acceptors (Lipinski definition) is 5. The number of aromatic nitrogens is 1. The number of nitrogens with zero attached hydrogens (tertiary/aromatic N) is 3. The molecule has 0 spiro atoms. The van der Waals surface area contributed by atoms with Gasteiger partial charge in [-0.1, -0.05) is 0 Å². The van der Waals surface area contributed by atoms with E-state index in [-0.39, 0.29) is 12.2 Å². The van der Waals surface area contributed by atoms with E-state index < -0.39 is 47.1 Å². The highest BCUT2D eigenvalue weighted by molar-refractivity contribution is 6.29. The SMILES string of the molecule is CC1(C)C(=O)N(c2ccc(OC(F)(F)F)c(NC(=O)CCl)c2)C(=O)N1Cc1ccncc1. The zero-order valence-electron chi connectivity index (χ0n) is 16.9. The van der Waals surface area contributed by atoms with Crippen molar-refractivity contribution in [3.05, 3.63) is 48.3 Å². The molecule has 0 radical (unpaired) electrons. The molecule has 4 amide bonds. The van der Waals surface area contributed by atoms with Gasteiger partial charge in [0.2, 0.25) is 5.91 Å².